The molecule has 3 N–H and O–H groups in total. The van der Waals surface area contributed by atoms with Crippen LogP contribution >= 0.6 is 0 Å². The van der Waals surface area contributed by atoms with E-state index in [2.05, 4.69) is 37.0 Å². The van der Waals surface area contributed by atoms with Gasteiger partial charge in [-0.3, -0.25) is 0 Å². The van der Waals surface area contributed by atoms with Crippen molar-refractivity contribution in [3.8, 4) is 11.5 Å². The van der Waals surface area contributed by atoms with Gasteiger partial charge in [0.1, 0.15) is 24.7 Å². The van der Waals surface area contributed by atoms with Crippen LogP contribution in [0.25, 0.3) is 0 Å². The molecule has 380 valence electrons. The number of aliphatic hydroxyl groups is 2. The van der Waals surface area contributed by atoms with Crippen LogP contribution in [0.2, 0.25) is 0 Å². The molecule has 3 aliphatic rings. The molecule has 1 heterocycles. The van der Waals surface area contributed by atoms with E-state index in [1.807, 2.05) is 12.1 Å². The third-order valence-corrected chi connectivity index (χ3v) is 14.3. The molecule has 12 nitrogen and oxygen atoms in total. The van der Waals surface area contributed by atoms with Gasteiger partial charge < -0.3 is 44.2 Å². The number of unbranched alkanes of at least 4 members (excludes halogenated alkanes) is 20. The minimum Gasteiger partial charge on any atom is -0.459 e. The summed E-state index contributed by atoms with van der Waals surface area (Å²) < 4.78 is 26.1. The minimum absolute atomic E-state index is 0.0462. The van der Waals surface area contributed by atoms with E-state index in [9.17, 15) is 19.8 Å². The van der Waals surface area contributed by atoms with E-state index in [0.29, 0.717) is 43.2 Å². The first kappa shape index (κ1) is 56.0. The Morgan fingerprint density at radius 2 is 1.43 bits per heavy atom. The van der Waals surface area contributed by atoms with Crippen molar-refractivity contribution in [1.29, 1.82) is 0 Å². The van der Waals surface area contributed by atoms with Crippen LogP contribution in [0.15, 0.2) is 47.7 Å². The fourth-order valence-electron chi connectivity index (χ4n) is 10.8. The molecule has 1 aromatic carbocycles. The molecule has 1 fully saturated rings. The number of rotatable bonds is 36. The number of carbonyl (C=O) groups excluding carboxylic acids is 2. The minimum atomic E-state index is -1.38. The first-order chi connectivity index (χ1) is 32.8. The summed E-state index contributed by atoms with van der Waals surface area (Å²) in [5.74, 6) is -0.935. The lowest BCUT2D eigenvalue weighted by molar-refractivity contribution is -0.253. The second-order valence-electron chi connectivity index (χ2n) is 19.4. The predicted octanol–water partition coefficient (Wildman–Crippen LogP) is 12.9. The van der Waals surface area contributed by atoms with E-state index in [1.54, 1.807) is 24.1 Å². The molecule has 0 spiro atoms. The van der Waals surface area contributed by atoms with E-state index in [4.69, 9.17) is 23.8 Å². The van der Waals surface area contributed by atoms with Gasteiger partial charge in [-0.15, -0.1) is 6.58 Å². The molecule has 0 unspecified atom stereocenters. The highest BCUT2D eigenvalue weighted by Gasteiger charge is 2.65. The Labute approximate surface area is 405 Å². The van der Waals surface area contributed by atoms with Crippen LogP contribution in [0.4, 0.5) is 9.59 Å². The van der Waals surface area contributed by atoms with Gasteiger partial charge in [0, 0.05) is 44.7 Å². The van der Waals surface area contributed by atoms with Gasteiger partial charge in [0.15, 0.2) is 0 Å². The van der Waals surface area contributed by atoms with Gasteiger partial charge in [0.25, 0.3) is 0 Å². The second kappa shape index (κ2) is 32.2. The quantitative estimate of drug-likeness (QED) is 0.0340. The van der Waals surface area contributed by atoms with Crippen LogP contribution in [-0.4, -0.2) is 92.0 Å². The molecule has 1 aromatic rings. The maximum absolute atomic E-state index is 14.1. The van der Waals surface area contributed by atoms with E-state index >= 15 is 0 Å². The molecule has 2 aliphatic carbocycles. The van der Waals surface area contributed by atoms with Crippen molar-refractivity contribution in [3.05, 3.63) is 48.1 Å². The molecule has 4 rings (SSSR count). The number of hydrogen-bond donors (Lipinski definition) is 3. The van der Waals surface area contributed by atoms with Gasteiger partial charge in [-0.25, -0.2) is 9.59 Å². The molecule has 0 aromatic heterocycles. The summed E-state index contributed by atoms with van der Waals surface area (Å²) in [6, 6.07) is 4.89. The number of nitrogens with one attached hydrogen (secondary N) is 1. The largest absolute Gasteiger partial charge is 0.459 e. The number of ether oxygens (including phenoxy) is 4. The molecule has 0 radical (unpaired) electrons. The van der Waals surface area contributed by atoms with Crippen LogP contribution in [0.1, 0.15) is 199 Å². The van der Waals surface area contributed by atoms with Gasteiger partial charge in [0.05, 0.1) is 24.8 Å². The number of fused-ring (bicyclic) bond motifs is 2. The molecular formula is C55H91N3O9. The Morgan fingerprint density at radius 1 is 0.836 bits per heavy atom. The van der Waals surface area contributed by atoms with Crippen LogP contribution in [0, 0.1) is 17.8 Å². The number of aliphatic hydroxyl groups excluding tert-OH is 2. The van der Waals surface area contributed by atoms with Gasteiger partial charge in [-0.1, -0.05) is 160 Å². The number of hydrogen-bond acceptors (Lipinski definition) is 10. The number of benzene rings is 1. The van der Waals surface area contributed by atoms with Gasteiger partial charge in [-0.2, -0.15) is 0 Å². The molecule has 12 heteroatoms. The summed E-state index contributed by atoms with van der Waals surface area (Å²) in [6.07, 6.45) is 32.0. The Morgan fingerprint density at radius 3 is 2.03 bits per heavy atom. The van der Waals surface area contributed by atoms with Crippen LogP contribution in [0.3, 0.4) is 0 Å². The summed E-state index contributed by atoms with van der Waals surface area (Å²) in [5.41, 5.74) is 2.54. The zero-order valence-corrected chi connectivity index (χ0v) is 42.3. The average molecular weight is 938 g/mol. The number of carbonyl (C=O) groups is 2. The second-order valence-corrected chi connectivity index (χ2v) is 19.4. The van der Waals surface area contributed by atoms with Crippen molar-refractivity contribution in [3.63, 3.8) is 0 Å². The first-order valence-corrected chi connectivity index (χ1v) is 26.8. The van der Waals surface area contributed by atoms with Crippen LogP contribution in [-0.2, 0) is 14.3 Å². The fraction of sp³-hybridized carbons (Fsp3) is 0.764. The van der Waals surface area contributed by atoms with E-state index < -0.39 is 29.9 Å². The predicted molar refractivity (Wildman–Crippen MR) is 269 cm³/mol. The lowest BCUT2D eigenvalue weighted by Crippen LogP contribution is -2.69. The number of nitrogens with zero attached hydrogens (tertiary/aromatic N) is 2. The standard InChI is InChI=1S/C55H91N3O9/c1-6-9-11-13-15-17-19-21-23-27-35-56-53(61)66-44-33-34-49-47(41-44)51-45(32-26-29-37-60)43(31-25-28-36-59)40-46-48(57-63-5)42-50(55(67-49,52(46)51)65-38-8-3)58(4)54(62)64-39-30-24-22-20-18-16-14-12-10-7-2/h8,33-34,40-41,43,45,50-52,59-60H,3,6-7,9-32,35-39,42H2,1-2,4-5H3,(H,56,61)/t43-,45+,50-,51+,52+,55+/m0/s1. The van der Waals surface area contributed by atoms with Crippen molar-refractivity contribution < 1.29 is 43.6 Å². The first-order valence-electron chi connectivity index (χ1n) is 26.8. The third-order valence-electron chi connectivity index (χ3n) is 14.3. The number of allylic oxidation sites excluding steroid dienone is 1. The highest BCUT2D eigenvalue weighted by Crippen LogP contribution is 2.61. The van der Waals surface area contributed by atoms with Crippen molar-refractivity contribution in [2.24, 2.45) is 22.9 Å². The molecule has 0 bridgehead atoms. The lowest BCUT2D eigenvalue weighted by Gasteiger charge is -2.59. The Kier molecular flexibility index (Phi) is 26.9. The number of oxime groups is 1. The van der Waals surface area contributed by atoms with E-state index in [-0.39, 0.29) is 44.0 Å². The van der Waals surface area contributed by atoms with Gasteiger partial charge in [0.2, 0.25) is 5.79 Å². The summed E-state index contributed by atoms with van der Waals surface area (Å²) in [7, 11) is 3.29. The molecular weight excluding hydrogens is 847 g/mol. The SMILES string of the molecule is C=CCO[C@@]12Oc3ccc(OC(=O)NCCCCCCCCCCCC)cc3[C@H]3[C@H](CCCCO)[C@@H](CCCCO)C=C(C(=NOC)C[C@@H]1N(C)C(=O)OCCCCCCCCCCCC)[C@H]32. The van der Waals surface area contributed by atoms with Crippen molar-refractivity contribution >= 4 is 17.9 Å². The van der Waals surface area contributed by atoms with Crippen LogP contribution in [0.5, 0.6) is 11.5 Å². The topological polar surface area (TPSA) is 148 Å². The van der Waals surface area contributed by atoms with E-state index in [0.717, 1.165) is 68.9 Å². The Hall–Kier alpha value is -3.61. The van der Waals surface area contributed by atoms with Crippen LogP contribution < -0.4 is 14.8 Å². The lowest BCUT2D eigenvalue weighted by atomic mass is 9.55. The molecule has 67 heavy (non-hydrogen) atoms. The fourth-order valence-corrected chi connectivity index (χ4v) is 10.8. The monoisotopic (exact) mass is 938 g/mol. The molecule has 6 atom stereocenters. The summed E-state index contributed by atoms with van der Waals surface area (Å²) in [4.78, 5) is 34.5. The van der Waals surface area contributed by atoms with E-state index in [1.165, 1.54) is 103 Å². The molecule has 0 saturated heterocycles. The number of amides is 2. The molecule has 1 aliphatic heterocycles. The van der Waals surface area contributed by atoms with Gasteiger partial charge in [-0.05, 0) is 74.1 Å². The highest BCUT2D eigenvalue weighted by molar-refractivity contribution is 6.02. The normalized spacial score (nSPS) is 22.3. The summed E-state index contributed by atoms with van der Waals surface area (Å²) in [5, 5.41) is 27.4. The van der Waals surface area contributed by atoms with Gasteiger partial charge >= 0.3 is 12.2 Å². The molecule has 2 amide bonds. The summed E-state index contributed by atoms with van der Waals surface area (Å²) in [6.45, 7) is 9.74. The highest BCUT2D eigenvalue weighted by atomic mass is 16.7. The smallest absolute Gasteiger partial charge is 0.412 e. The third kappa shape index (κ3) is 17.4. The van der Waals surface area contributed by atoms with Crippen molar-refractivity contribution in [1.82, 2.24) is 10.2 Å². The Balaban J connectivity index is 1.60. The van der Waals surface area contributed by atoms with Crippen molar-refractivity contribution in [2.45, 2.75) is 205 Å². The Bertz CT molecular complexity index is 1640. The zero-order valence-electron chi connectivity index (χ0n) is 42.3. The number of likely N-dealkylation sites (N-methyl/N-ethyl adjacent to an activating group) is 1. The maximum Gasteiger partial charge on any atom is 0.412 e. The molecule has 1 saturated carbocycles. The maximum atomic E-state index is 14.1. The van der Waals surface area contributed by atoms with Crippen molar-refractivity contribution in [2.75, 3.05) is 47.1 Å². The average Bonchev–Trinajstić information content (AvgIpc) is 3.33. The zero-order chi connectivity index (χ0) is 48.1. The summed E-state index contributed by atoms with van der Waals surface area (Å²) >= 11 is 0.